The van der Waals surface area contributed by atoms with E-state index in [-0.39, 0.29) is 31.6 Å². The first-order chi connectivity index (χ1) is 11.6. The minimum absolute atomic E-state index is 0.0955. The Kier molecular flexibility index (Phi) is 9.90. The summed E-state index contributed by atoms with van der Waals surface area (Å²) in [6.07, 6.45) is 5.03. The second-order valence-corrected chi connectivity index (χ2v) is 5.62. The second-order valence-electron chi connectivity index (χ2n) is 5.62. The average molecular weight is 342 g/mol. The molecule has 0 aromatic rings. The van der Waals surface area contributed by atoms with E-state index >= 15 is 0 Å². The predicted octanol–water partition coefficient (Wildman–Crippen LogP) is -0.795. The van der Waals surface area contributed by atoms with Crippen molar-refractivity contribution < 1.29 is 29.3 Å². The summed E-state index contributed by atoms with van der Waals surface area (Å²) in [6, 6.07) is 0. The molecule has 3 amide bonds. The summed E-state index contributed by atoms with van der Waals surface area (Å²) in [7, 11) is 0. The van der Waals surface area contributed by atoms with Crippen molar-refractivity contribution in [3.05, 3.63) is 12.2 Å². The van der Waals surface area contributed by atoms with Gasteiger partial charge in [-0.25, -0.2) is 0 Å². The molecule has 8 heteroatoms. The van der Waals surface area contributed by atoms with Gasteiger partial charge in [0.2, 0.25) is 5.91 Å². The van der Waals surface area contributed by atoms with Gasteiger partial charge in [0.25, 0.3) is 11.8 Å². The van der Waals surface area contributed by atoms with Crippen LogP contribution in [0, 0.1) is 5.92 Å². The molecule has 0 saturated carbocycles. The third kappa shape index (κ3) is 7.67. The molecule has 0 saturated heterocycles. The molecule has 0 spiro atoms. The van der Waals surface area contributed by atoms with Crippen LogP contribution in [0.15, 0.2) is 12.2 Å². The summed E-state index contributed by atoms with van der Waals surface area (Å²) >= 11 is 0. The Morgan fingerprint density at radius 2 is 1.83 bits per heavy atom. The molecule has 1 atom stereocenters. The molecule has 1 unspecified atom stereocenters. The summed E-state index contributed by atoms with van der Waals surface area (Å²) < 4.78 is 5.52. The quantitative estimate of drug-likeness (QED) is 0.298. The molecule has 1 heterocycles. The molecule has 0 bridgehead atoms. The summed E-state index contributed by atoms with van der Waals surface area (Å²) in [5, 5.41) is 20.4. The van der Waals surface area contributed by atoms with Crippen LogP contribution in [0.4, 0.5) is 0 Å². The predicted molar refractivity (Wildman–Crippen MR) is 85.8 cm³/mol. The topological polar surface area (TPSA) is 116 Å². The zero-order valence-electron chi connectivity index (χ0n) is 13.8. The van der Waals surface area contributed by atoms with Gasteiger partial charge in [-0.2, -0.15) is 0 Å². The van der Waals surface area contributed by atoms with Gasteiger partial charge in [-0.05, 0) is 31.6 Å². The molecule has 0 aromatic carbocycles. The second kappa shape index (κ2) is 11.7. The monoisotopic (exact) mass is 342 g/mol. The van der Waals surface area contributed by atoms with Crippen molar-refractivity contribution >= 4 is 17.7 Å². The molecule has 1 aliphatic heterocycles. The first-order valence-corrected chi connectivity index (χ1v) is 8.18. The molecular formula is C16H26N2O6. The zero-order chi connectivity index (χ0) is 17.8. The molecule has 3 N–H and O–H groups in total. The third-order valence-electron chi connectivity index (χ3n) is 3.65. The largest absolute Gasteiger partial charge is 0.396 e. The molecule has 0 fully saturated rings. The van der Waals surface area contributed by atoms with Gasteiger partial charge < -0.3 is 20.3 Å². The van der Waals surface area contributed by atoms with Crippen LogP contribution in [-0.2, 0) is 19.1 Å². The van der Waals surface area contributed by atoms with E-state index in [2.05, 4.69) is 5.32 Å². The lowest BCUT2D eigenvalue weighted by Gasteiger charge is -2.16. The Morgan fingerprint density at radius 3 is 2.46 bits per heavy atom. The van der Waals surface area contributed by atoms with Crippen molar-refractivity contribution in [2.75, 3.05) is 39.5 Å². The summed E-state index contributed by atoms with van der Waals surface area (Å²) in [5.74, 6) is -1.12. The number of aliphatic hydroxyl groups excluding tert-OH is 2. The number of carbonyl (C=O) groups excluding carboxylic acids is 3. The number of nitrogens with zero attached hydrogens (tertiary/aromatic N) is 1. The van der Waals surface area contributed by atoms with Crippen LogP contribution in [0.5, 0.6) is 0 Å². The van der Waals surface area contributed by atoms with Crippen LogP contribution in [0.1, 0.15) is 25.7 Å². The van der Waals surface area contributed by atoms with Gasteiger partial charge in [0.1, 0.15) is 6.54 Å². The van der Waals surface area contributed by atoms with E-state index in [1.807, 2.05) is 0 Å². The lowest BCUT2D eigenvalue weighted by atomic mass is 10.0. The molecule has 0 aromatic heterocycles. The molecule has 1 aliphatic rings. The standard InChI is InChI=1S/C16H26N2O6/c19-8-1-3-13(6-9-20)12-24-10-2-7-17-14(21)11-18-15(22)4-5-16(18)23/h4-5,13,19-20H,1-3,6-12H2,(H,17,21). The molecule has 0 aliphatic carbocycles. The Balaban J connectivity index is 2.07. The highest BCUT2D eigenvalue weighted by Gasteiger charge is 2.25. The Morgan fingerprint density at radius 1 is 1.12 bits per heavy atom. The lowest BCUT2D eigenvalue weighted by Crippen LogP contribution is -2.40. The number of rotatable bonds is 13. The van der Waals surface area contributed by atoms with Crippen LogP contribution < -0.4 is 5.32 Å². The fraction of sp³-hybridized carbons (Fsp3) is 0.688. The van der Waals surface area contributed by atoms with Crippen molar-refractivity contribution in [1.29, 1.82) is 0 Å². The number of amides is 3. The van der Waals surface area contributed by atoms with Crippen molar-refractivity contribution in [3.63, 3.8) is 0 Å². The Hall–Kier alpha value is -1.77. The van der Waals surface area contributed by atoms with Crippen LogP contribution in [0.2, 0.25) is 0 Å². The number of hydrogen-bond acceptors (Lipinski definition) is 6. The first-order valence-electron chi connectivity index (χ1n) is 8.18. The normalized spacial score (nSPS) is 15.2. The van der Waals surface area contributed by atoms with Gasteiger partial charge in [0, 0.05) is 45.1 Å². The minimum Gasteiger partial charge on any atom is -0.396 e. The number of nitrogens with one attached hydrogen (secondary N) is 1. The van der Waals surface area contributed by atoms with E-state index in [1.54, 1.807) is 0 Å². The highest BCUT2D eigenvalue weighted by Crippen LogP contribution is 2.11. The fourth-order valence-corrected chi connectivity index (χ4v) is 2.31. The van der Waals surface area contributed by atoms with Gasteiger partial charge in [-0.15, -0.1) is 0 Å². The average Bonchev–Trinajstić information content (AvgIpc) is 2.87. The third-order valence-corrected chi connectivity index (χ3v) is 3.65. The Bertz CT molecular complexity index is 434. The van der Waals surface area contributed by atoms with Gasteiger partial charge in [-0.1, -0.05) is 0 Å². The fourth-order valence-electron chi connectivity index (χ4n) is 2.31. The van der Waals surface area contributed by atoms with Crippen molar-refractivity contribution in [1.82, 2.24) is 10.2 Å². The Labute approximate surface area is 141 Å². The smallest absolute Gasteiger partial charge is 0.254 e. The van der Waals surface area contributed by atoms with E-state index < -0.39 is 11.8 Å². The van der Waals surface area contributed by atoms with E-state index in [1.165, 1.54) is 0 Å². The maximum Gasteiger partial charge on any atom is 0.254 e. The number of carbonyl (C=O) groups is 3. The molecule has 0 radical (unpaired) electrons. The molecular weight excluding hydrogens is 316 g/mol. The molecule has 1 rings (SSSR count). The van der Waals surface area contributed by atoms with Crippen LogP contribution in [0.25, 0.3) is 0 Å². The first kappa shape index (κ1) is 20.3. The van der Waals surface area contributed by atoms with Crippen LogP contribution in [-0.4, -0.2) is 72.4 Å². The zero-order valence-corrected chi connectivity index (χ0v) is 13.8. The van der Waals surface area contributed by atoms with E-state index in [0.717, 1.165) is 23.5 Å². The maximum atomic E-state index is 11.7. The van der Waals surface area contributed by atoms with Crippen molar-refractivity contribution in [2.24, 2.45) is 5.92 Å². The van der Waals surface area contributed by atoms with Crippen molar-refractivity contribution in [3.8, 4) is 0 Å². The maximum absolute atomic E-state index is 11.7. The SMILES string of the molecule is O=C(CN1C(=O)C=CC1=O)NCCCOCC(CCO)CCCO. The molecule has 24 heavy (non-hydrogen) atoms. The minimum atomic E-state index is -0.476. The summed E-state index contributed by atoms with van der Waals surface area (Å²) in [4.78, 5) is 35.2. The number of imide groups is 1. The van der Waals surface area contributed by atoms with E-state index in [9.17, 15) is 14.4 Å². The summed E-state index contributed by atoms with van der Waals surface area (Å²) in [6.45, 7) is 1.32. The summed E-state index contributed by atoms with van der Waals surface area (Å²) in [5.41, 5.74) is 0. The number of ether oxygens (including phenoxy) is 1. The molecule has 136 valence electrons. The molecule has 8 nitrogen and oxygen atoms in total. The highest BCUT2D eigenvalue weighted by molar-refractivity contribution is 6.14. The van der Waals surface area contributed by atoms with E-state index in [4.69, 9.17) is 14.9 Å². The number of hydrogen-bond donors (Lipinski definition) is 3. The lowest BCUT2D eigenvalue weighted by molar-refractivity contribution is -0.141. The van der Waals surface area contributed by atoms with E-state index in [0.29, 0.717) is 39.0 Å². The van der Waals surface area contributed by atoms with Gasteiger partial charge in [-0.3, -0.25) is 19.3 Å². The van der Waals surface area contributed by atoms with Crippen LogP contribution in [0.3, 0.4) is 0 Å². The van der Waals surface area contributed by atoms with Gasteiger partial charge in [0.15, 0.2) is 0 Å². The van der Waals surface area contributed by atoms with Crippen LogP contribution >= 0.6 is 0 Å². The number of aliphatic hydroxyl groups is 2. The van der Waals surface area contributed by atoms with Gasteiger partial charge in [0.05, 0.1) is 0 Å². The van der Waals surface area contributed by atoms with Crippen molar-refractivity contribution in [2.45, 2.75) is 25.7 Å². The van der Waals surface area contributed by atoms with Gasteiger partial charge >= 0.3 is 0 Å². The highest BCUT2D eigenvalue weighted by atomic mass is 16.5.